The summed E-state index contributed by atoms with van der Waals surface area (Å²) < 4.78 is 24.9. The van der Waals surface area contributed by atoms with Gasteiger partial charge in [0.1, 0.15) is 18.0 Å². The molecule has 0 aliphatic rings. The zero-order valence-electron chi connectivity index (χ0n) is 18.9. The number of anilines is 2. The molecule has 8 nitrogen and oxygen atoms in total. The second-order valence-corrected chi connectivity index (χ2v) is 7.49. The van der Waals surface area contributed by atoms with Gasteiger partial charge in [0.05, 0.1) is 19.2 Å². The van der Waals surface area contributed by atoms with Crippen LogP contribution in [0.15, 0.2) is 42.7 Å². The molecule has 2 aromatic carbocycles. The first-order valence-corrected chi connectivity index (χ1v) is 11.0. The molecule has 9 heteroatoms. The van der Waals surface area contributed by atoms with Crippen LogP contribution in [0, 0.1) is 5.82 Å². The van der Waals surface area contributed by atoms with E-state index in [0.717, 1.165) is 30.3 Å². The maximum absolute atomic E-state index is 13.4. The van der Waals surface area contributed by atoms with Crippen LogP contribution in [0.4, 0.5) is 15.9 Å². The maximum Gasteiger partial charge on any atom is 0.243 e. The Morgan fingerprint density at radius 1 is 1.09 bits per heavy atom. The van der Waals surface area contributed by atoms with Crippen molar-refractivity contribution in [2.75, 3.05) is 25.2 Å². The van der Waals surface area contributed by atoms with Crippen LogP contribution in [0.5, 0.6) is 11.5 Å². The molecule has 0 bridgehead atoms. The summed E-state index contributed by atoms with van der Waals surface area (Å²) in [6.07, 6.45) is 5.10. The third kappa shape index (κ3) is 6.29. The highest BCUT2D eigenvalue weighted by atomic mass is 19.1. The number of ether oxygens (including phenoxy) is 2. The van der Waals surface area contributed by atoms with Crippen LogP contribution in [0.2, 0.25) is 0 Å². The van der Waals surface area contributed by atoms with Gasteiger partial charge in [0.15, 0.2) is 11.5 Å². The van der Waals surface area contributed by atoms with Gasteiger partial charge in [-0.1, -0.05) is 12.8 Å². The fourth-order valence-corrected chi connectivity index (χ4v) is 3.59. The first-order chi connectivity index (χ1) is 16.1. The molecular formula is C24H29FN4O4. The summed E-state index contributed by atoms with van der Waals surface area (Å²) in [4.78, 5) is 21.9. The Morgan fingerprint density at radius 2 is 1.85 bits per heavy atom. The number of nitrogens with one attached hydrogen (secondary N) is 1. The van der Waals surface area contributed by atoms with E-state index in [1.165, 1.54) is 18.5 Å². The van der Waals surface area contributed by atoms with Crippen LogP contribution in [0.3, 0.4) is 0 Å². The van der Waals surface area contributed by atoms with Crippen molar-refractivity contribution >= 4 is 28.3 Å². The Hall–Kier alpha value is -3.46. The largest absolute Gasteiger partial charge is 0.493 e. The van der Waals surface area contributed by atoms with E-state index in [-0.39, 0.29) is 11.7 Å². The molecule has 1 aromatic heterocycles. The average molecular weight is 457 g/mol. The fraction of sp³-hybridized carbons (Fsp3) is 0.375. The lowest BCUT2D eigenvalue weighted by atomic mass is 10.1. The Labute approximate surface area is 192 Å². The fourth-order valence-electron chi connectivity index (χ4n) is 3.59. The van der Waals surface area contributed by atoms with Gasteiger partial charge in [-0.15, -0.1) is 0 Å². The molecule has 0 saturated carbocycles. The second-order valence-electron chi connectivity index (χ2n) is 7.49. The summed E-state index contributed by atoms with van der Waals surface area (Å²) in [5, 5.41) is 9.31. The molecule has 0 saturated heterocycles. The van der Waals surface area contributed by atoms with Crippen molar-refractivity contribution in [2.45, 2.75) is 39.0 Å². The van der Waals surface area contributed by atoms with E-state index in [9.17, 15) is 9.18 Å². The van der Waals surface area contributed by atoms with Crippen molar-refractivity contribution in [3.63, 3.8) is 0 Å². The Morgan fingerprint density at radius 3 is 2.55 bits per heavy atom. The van der Waals surface area contributed by atoms with Gasteiger partial charge in [-0.05, 0) is 50.1 Å². The van der Waals surface area contributed by atoms with Crippen LogP contribution >= 0.6 is 0 Å². The molecule has 0 unspecified atom stereocenters. The van der Waals surface area contributed by atoms with Crippen LogP contribution in [0.1, 0.15) is 39.0 Å². The standard InChI is InChI=1S/C24H29FN4O4/c1-3-29(18-11-9-17(25)10-12-18)24-19-14-22(21(32-2)15-20(19)26-16-27-24)33-13-7-5-4-6-8-23(30)28-31/h9-12,14-16,31H,3-8,13H2,1-2H3,(H,28,30). The number of amides is 1. The first kappa shape index (κ1) is 24.2. The molecule has 1 heterocycles. The number of carbonyl (C=O) groups excluding carboxylic acids is 1. The predicted molar refractivity (Wildman–Crippen MR) is 124 cm³/mol. The van der Waals surface area contributed by atoms with Gasteiger partial charge in [-0.3, -0.25) is 10.0 Å². The lowest BCUT2D eigenvalue weighted by molar-refractivity contribution is -0.129. The Balaban J connectivity index is 1.76. The third-order valence-corrected chi connectivity index (χ3v) is 5.29. The van der Waals surface area contributed by atoms with E-state index >= 15 is 0 Å². The number of nitrogens with zero attached hydrogens (tertiary/aromatic N) is 3. The van der Waals surface area contributed by atoms with E-state index in [4.69, 9.17) is 14.7 Å². The summed E-state index contributed by atoms with van der Waals surface area (Å²) in [6.45, 7) is 3.13. The average Bonchev–Trinajstić information content (AvgIpc) is 2.84. The van der Waals surface area contributed by atoms with E-state index in [2.05, 4.69) is 9.97 Å². The zero-order valence-corrected chi connectivity index (χ0v) is 18.9. The Kier molecular flexibility index (Phi) is 8.77. The van der Waals surface area contributed by atoms with Crippen LogP contribution in [-0.2, 0) is 4.79 Å². The number of hydrogen-bond donors (Lipinski definition) is 2. The minimum Gasteiger partial charge on any atom is -0.493 e. The highest BCUT2D eigenvalue weighted by Gasteiger charge is 2.16. The third-order valence-electron chi connectivity index (χ3n) is 5.29. The minimum absolute atomic E-state index is 0.292. The van der Waals surface area contributed by atoms with Gasteiger partial charge in [0, 0.05) is 30.1 Å². The number of hydroxylamine groups is 1. The molecule has 1 amide bonds. The normalized spacial score (nSPS) is 10.8. The van der Waals surface area contributed by atoms with Crippen LogP contribution in [-0.4, -0.2) is 41.3 Å². The van der Waals surface area contributed by atoms with Crippen LogP contribution < -0.4 is 19.9 Å². The summed E-state index contributed by atoms with van der Waals surface area (Å²) in [7, 11) is 1.58. The molecule has 33 heavy (non-hydrogen) atoms. The molecule has 3 aromatic rings. The number of fused-ring (bicyclic) bond motifs is 1. The van der Waals surface area contributed by atoms with Gasteiger partial charge >= 0.3 is 0 Å². The molecule has 176 valence electrons. The molecular weight excluding hydrogens is 427 g/mol. The number of unbranched alkanes of at least 4 members (excludes halogenated alkanes) is 3. The van der Waals surface area contributed by atoms with Crippen molar-refractivity contribution in [2.24, 2.45) is 0 Å². The number of halogens is 1. The zero-order chi connectivity index (χ0) is 23.6. The smallest absolute Gasteiger partial charge is 0.243 e. The molecule has 0 spiro atoms. The number of methoxy groups -OCH3 is 1. The topological polar surface area (TPSA) is 96.8 Å². The minimum atomic E-state index is -0.369. The van der Waals surface area contributed by atoms with Gasteiger partial charge in [-0.2, -0.15) is 0 Å². The monoisotopic (exact) mass is 456 g/mol. The number of benzene rings is 2. The number of hydrogen-bond acceptors (Lipinski definition) is 7. The molecule has 2 N–H and O–H groups in total. The van der Waals surface area contributed by atoms with Gasteiger partial charge in [-0.25, -0.2) is 19.8 Å². The van der Waals surface area contributed by atoms with E-state index in [1.54, 1.807) is 24.7 Å². The summed E-state index contributed by atoms with van der Waals surface area (Å²) in [5.74, 6) is 1.21. The van der Waals surface area contributed by atoms with Crippen molar-refractivity contribution in [1.82, 2.24) is 15.4 Å². The molecule has 0 fully saturated rings. The lowest BCUT2D eigenvalue weighted by Gasteiger charge is -2.23. The highest BCUT2D eigenvalue weighted by Crippen LogP contribution is 2.37. The van der Waals surface area contributed by atoms with Crippen LogP contribution in [0.25, 0.3) is 10.9 Å². The maximum atomic E-state index is 13.4. The van der Waals surface area contributed by atoms with Gasteiger partial charge in [0.25, 0.3) is 0 Å². The van der Waals surface area contributed by atoms with E-state index in [0.29, 0.717) is 48.8 Å². The molecule has 0 aliphatic carbocycles. The second kappa shape index (κ2) is 12.0. The van der Waals surface area contributed by atoms with Gasteiger partial charge in [0.2, 0.25) is 5.91 Å². The number of aromatic nitrogens is 2. The summed E-state index contributed by atoms with van der Waals surface area (Å²) >= 11 is 0. The summed E-state index contributed by atoms with van der Waals surface area (Å²) in [5.41, 5.74) is 3.18. The van der Waals surface area contributed by atoms with Crippen molar-refractivity contribution < 1.29 is 23.9 Å². The highest BCUT2D eigenvalue weighted by molar-refractivity contribution is 5.93. The summed E-state index contributed by atoms with van der Waals surface area (Å²) in [6, 6.07) is 9.99. The predicted octanol–water partition coefficient (Wildman–Crippen LogP) is 4.77. The molecule has 0 aliphatic heterocycles. The number of rotatable bonds is 12. The SMILES string of the molecule is CCN(c1ccc(F)cc1)c1ncnc2cc(OC)c(OCCCCCCC(=O)NO)cc12. The Bertz CT molecular complexity index is 1060. The molecule has 0 atom stereocenters. The number of carbonyl (C=O) groups is 1. The lowest BCUT2D eigenvalue weighted by Crippen LogP contribution is -2.18. The van der Waals surface area contributed by atoms with E-state index in [1.807, 2.05) is 24.0 Å². The van der Waals surface area contributed by atoms with Crippen molar-refractivity contribution in [1.29, 1.82) is 0 Å². The van der Waals surface area contributed by atoms with Crippen molar-refractivity contribution in [3.8, 4) is 11.5 Å². The first-order valence-electron chi connectivity index (χ1n) is 11.0. The van der Waals surface area contributed by atoms with E-state index < -0.39 is 0 Å². The molecule has 3 rings (SSSR count). The quantitative estimate of drug-likeness (QED) is 0.230. The van der Waals surface area contributed by atoms with Crippen molar-refractivity contribution in [3.05, 3.63) is 48.5 Å². The molecule has 0 radical (unpaired) electrons. The van der Waals surface area contributed by atoms with Gasteiger partial charge < -0.3 is 14.4 Å².